The Morgan fingerprint density at radius 3 is 2.35 bits per heavy atom. The van der Waals surface area contributed by atoms with E-state index in [1.165, 1.54) is 0 Å². The van der Waals surface area contributed by atoms with Crippen LogP contribution in [0.2, 0.25) is 0 Å². The van der Waals surface area contributed by atoms with Crippen LogP contribution in [-0.2, 0) is 0 Å². The zero-order valence-electron chi connectivity index (χ0n) is 13.8. The number of urea groups is 1. The first kappa shape index (κ1) is 16.7. The average molecular weight is 314 g/mol. The molecular weight excluding hydrogens is 292 g/mol. The van der Waals surface area contributed by atoms with Crippen LogP contribution in [0.4, 0.5) is 16.2 Å². The molecule has 122 valence electrons. The summed E-state index contributed by atoms with van der Waals surface area (Å²) in [7, 11) is 1.59. The molecule has 0 unspecified atom stereocenters. The van der Waals surface area contributed by atoms with Crippen LogP contribution in [0.5, 0.6) is 11.5 Å². The van der Waals surface area contributed by atoms with E-state index in [1.807, 2.05) is 13.8 Å². The smallest absolute Gasteiger partial charge is 0.323 e. The maximum atomic E-state index is 12.2. The third-order valence-corrected chi connectivity index (χ3v) is 3.59. The lowest BCUT2D eigenvalue weighted by atomic mass is 9.98. The van der Waals surface area contributed by atoms with Gasteiger partial charge in [-0.25, -0.2) is 4.79 Å². The Bertz CT molecular complexity index is 694. The van der Waals surface area contributed by atoms with Gasteiger partial charge in [0.1, 0.15) is 11.5 Å². The van der Waals surface area contributed by atoms with Crippen LogP contribution in [0.15, 0.2) is 36.4 Å². The number of phenols is 1. The largest absolute Gasteiger partial charge is 0.508 e. The van der Waals surface area contributed by atoms with Gasteiger partial charge in [0.25, 0.3) is 0 Å². The molecule has 0 spiro atoms. The van der Waals surface area contributed by atoms with Crippen molar-refractivity contribution in [3.63, 3.8) is 0 Å². The molecule has 0 fully saturated rings. The average Bonchev–Trinajstić information content (AvgIpc) is 2.51. The van der Waals surface area contributed by atoms with Crippen molar-refractivity contribution in [2.45, 2.75) is 26.7 Å². The minimum atomic E-state index is -0.331. The molecule has 0 saturated heterocycles. The predicted octanol–water partition coefficient (Wildman–Crippen LogP) is 4.48. The molecule has 0 bridgehead atoms. The number of aryl methyl sites for hydroxylation is 1. The summed E-state index contributed by atoms with van der Waals surface area (Å²) in [6, 6.07) is 10.2. The number of amides is 2. The van der Waals surface area contributed by atoms with Crippen LogP contribution < -0.4 is 15.4 Å². The topological polar surface area (TPSA) is 70.6 Å². The molecule has 0 heterocycles. The number of hydrogen-bond donors (Lipinski definition) is 3. The summed E-state index contributed by atoms with van der Waals surface area (Å²) in [6.45, 7) is 5.82. The number of anilines is 2. The van der Waals surface area contributed by atoms with Crippen molar-refractivity contribution in [1.29, 1.82) is 0 Å². The normalized spacial score (nSPS) is 10.5. The van der Waals surface area contributed by atoms with E-state index in [9.17, 15) is 9.90 Å². The first-order valence-electron chi connectivity index (χ1n) is 7.46. The van der Waals surface area contributed by atoms with Gasteiger partial charge in [-0.15, -0.1) is 0 Å². The van der Waals surface area contributed by atoms with Gasteiger partial charge in [-0.2, -0.15) is 0 Å². The summed E-state index contributed by atoms with van der Waals surface area (Å²) >= 11 is 0. The van der Waals surface area contributed by atoms with Crippen LogP contribution in [0.1, 0.15) is 30.9 Å². The molecule has 0 aliphatic heterocycles. The fourth-order valence-corrected chi connectivity index (χ4v) is 2.26. The Kier molecular flexibility index (Phi) is 5.11. The van der Waals surface area contributed by atoms with E-state index in [0.29, 0.717) is 16.9 Å². The lowest BCUT2D eigenvalue weighted by molar-refractivity contribution is 0.262. The minimum absolute atomic E-state index is 0.179. The Morgan fingerprint density at radius 2 is 1.78 bits per heavy atom. The number of benzene rings is 2. The van der Waals surface area contributed by atoms with Gasteiger partial charge in [0, 0.05) is 11.4 Å². The van der Waals surface area contributed by atoms with Gasteiger partial charge in [-0.05, 0) is 60.4 Å². The molecule has 0 aliphatic rings. The molecule has 5 heteroatoms. The van der Waals surface area contributed by atoms with Crippen LogP contribution in [0, 0.1) is 6.92 Å². The standard InChI is InChI=1S/C18H22N2O3/c1-11(2)15-10-17(21)12(3)9-16(15)20-18(22)19-13-5-7-14(23-4)8-6-13/h5-11,21H,1-4H3,(H2,19,20,22). The van der Waals surface area contributed by atoms with E-state index in [1.54, 1.807) is 50.4 Å². The number of nitrogens with one attached hydrogen (secondary N) is 2. The monoisotopic (exact) mass is 314 g/mol. The van der Waals surface area contributed by atoms with Crippen LogP contribution in [0.3, 0.4) is 0 Å². The lowest BCUT2D eigenvalue weighted by Gasteiger charge is -2.16. The van der Waals surface area contributed by atoms with E-state index in [-0.39, 0.29) is 17.7 Å². The molecule has 0 aliphatic carbocycles. The quantitative estimate of drug-likeness (QED) is 0.729. The van der Waals surface area contributed by atoms with Crippen LogP contribution in [-0.4, -0.2) is 18.2 Å². The highest BCUT2D eigenvalue weighted by atomic mass is 16.5. The minimum Gasteiger partial charge on any atom is -0.508 e. The first-order valence-corrected chi connectivity index (χ1v) is 7.46. The van der Waals surface area contributed by atoms with Crippen LogP contribution in [0.25, 0.3) is 0 Å². The summed E-state index contributed by atoms with van der Waals surface area (Å²) in [5.41, 5.74) is 2.97. The van der Waals surface area contributed by atoms with Gasteiger partial charge in [0.05, 0.1) is 7.11 Å². The van der Waals surface area contributed by atoms with Crippen molar-refractivity contribution in [1.82, 2.24) is 0 Å². The Hall–Kier alpha value is -2.69. The van der Waals surface area contributed by atoms with E-state index in [0.717, 1.165) is 11.3 Å². The molecule has 5 nitrogen and oxygen atoms in total. The summed E-state index contributed by atoms with van der Waals surface area (Å²) in [4.78, 5) is 12.2. The third-order valence-electron chi connectivity index (χ3n) is 3.59. The second kappa shape index (κ2) is 7.05. The van der Waals surface area contributed by atoms with Gasteiger partial charge in [0.2, 0.25) is 0 Å². The number of rotatable bonds is 4. The molecular formula is C18H22N2O3. The molecule has 2 rings (SSSR count). The number of carbonyl (C=O) groups is 1. The van der Waals surface area contributed by atoms with Gasteiger partial charge >= 0.3 is 6.03 Å². The number of phenolic OH excluding ortho intramolecular Hbond substituents is 1. The predicted molar refractivity (Wildman–Crippen MR) is 92.6 cm³/mol. The highest BCUT2D eigenvalue weighted by Gasteiger charge is 2.13. The number of carbonyl (C=O) groups excluding carboxylic acids is 1. The Labute approximate surface area is 136 Å². The third kappa shape index (κ3) is 4.16. The van der Waals surface area contributed by atoms with Crippen molar-refractivity contribution >= 4 is 17.4 Å². The van der Waals surface area contributed by atoms with E-state index < -0.39 is 0 Å². The van der Waals surface area contributed by atoms with Crippen molar-refractivity contribution in [3.8, 4) is 11.5 Å². The summed E-state index contributed by atoms with van der Waals surface area (Å²) in [5.74, 6) is 1.14. The first-order chi connectivity index (χ1) is 10.9. The molecule has 0 radical (unpaired) electrons. The Balaban J connectivity index is 2.14. The lowest BCUT2D eigenvalue weighted by Crippen LogP contribution is -2.20. The fourth-order valence-electron chi connectivity index (χ4n) is 2.26. The second-order valence-electron chi connectivity index (χ2n) is 5.69. The second-order valence-corrected chi connectivity index (χ2v) is 5.69. The molecule has 0 saturated carbocycles. The van der Waals surface area contributed by atoms with Gasteiger partial charge in [-0.1, -0.05) is 13.8 Å². The van der Waals surface area contributed by atoms with Crippen LogP contribution >= 0.6 is 0 Å². The van der Waals surface area contributed by atoms with E-state index in [2.05, 4.69) is 10.6 Å². The number of aromatic hydroxyl groups is 1. The molecule has 3 N–H and O–H groups in total. The van der Waals surface area contributed by atoms with Crippen molar-refractivity contribution in [2.75, 3.05) is 17.7 Å². The molecule has 0 aromatic heterocycles. The summed E-state index contributed by atoms with van der Waals surface area (Å²) < 4.78 is 5.08. The van der Waals surface area contributed by atoms with Crippen molar-refractivity contribution < 1.29 is 14.6 Å². The maximum Gasteiger partial charge on any atom is 0.323 e. The van der Waals surface area contributed by atoms with Crippen molar-refractivity contribution in [2.24, 2.45) is 0 Å². The molecule has 23 heavy (non-hydrogen) atoms. The fraction of sp³-hybridized carbons (Fsp3) is 0.278. The van der Waals surface area contributed by atoms with Gasteiger partial charge < -0.3 is 20.5 Å². The highest BCUT2D eigenvalue weighted by molar-refractivity contribution is 6.00. The zero-order chi connectivity index (χ0) is 17.0. The van der Waals surface area contributed by atoms with E-state index in [4.69, 9.17) is 4.74 Å². The number of hydrogen-bond acceptors (Lipinski definition) is 3. The highest BCUT2D eigenvalue weighted by Crippen LogP contribution is 2.31. The number of ether oxygens (including phenoxy) is 1. The van der Waals surface area contributed by atoms with E-state index >= 15 is 0 Å². The molecule has 2 aromatic rings. The molecule has 2 aromatic carbocycles. The van der Waals surface area contributed by atoms with Gasteiger partial charge in [-0.3, -0.25) is 0 Å². The molecule has 0 atom stereocenters. The number of methoxy groups -OCH3 is 1. The summed E-state index contributed by atoms with van der Waals surface area (Å²) in [6.07, 6.45) is 0. The Morgan fingerprint density at radius 1 is 1.13 bits per heavy atom. The molecule has 2 amide bonds. The SMILES string of the molecule is COc1ccc(NC(=O)Nc2cc(C)c(O)cc2C(C)C)cc1. The summed E-state index contributed by atoms with van der Waals surface area (Å²) in [5, 5.41) is 15.5. The van der Waals surface area contributed by atoms with Crippen molar-refractivity contribution in [3.05, 3.63) is 47.5 Å². The van der Waals surface area contributed by atoms with Gasteiger partial charge in [0.15, 0.2) is 0 Å². The zero-order valence-corrected chi connectivity index (χ0v) is 13.8. The maximum absolute atomic E-state index is 12.2.